The molecule has 0 bridgehead atoms. The van der Waals surface area contributed by atoms with E-state index in [4.69, 9.17) is 16.0 Å². The van der Waals surface area contributed by atoms with E-state index in [-0.39, 0.29) is 5.41 Å². The zero-order valence-corrected chi connectivity index (χ0v) is 25.5. The van der Waals surface area contributed by atoms with Gasteiger partial charge in [-0.25, -0.2) is 18.4 Å². The first-order chi connectivity index (χ1) is 21.0. The number of benzene rings is 2. The molecule has 226 valence electrons. The maximum absolute atomic E-state index is 14.0. The first kappa shape index (κ1) is 29.5. The number of aromatic nitrogens is 5. The third kappa shape index (κ3) is 5.46. The van der Waals surface area contributed by atoms with Gasteiger partial charge in [0.2, 0.25) is 5.89 Å². The fourth-order valence-electron chi connectivity index (χ4n) is 5.31. The van der Waals surface area contributed by atoms with Crippen LogP contribution in [0.3, 0.4) is 0 Å². The Bertz CT molecular complexity index is 1870. The number of halogens is 3. The second-order valence-electron chi connectivity index (χ2n) is 12.4. The van der Waals surface area contributed by atoms with Gasteiger partial charge in [-0.3, -0.25) is 4.98 Å². The molecule has 3 heterocycles. The molecule has 6 rings (SSSR count). The van der Waals surface area contributed by atoms with Crippen molar-refractivity contribution in [2.24, 2.45) is 5.41 Å². The average Bonchev–Trinajstić information content (AvgIpc) is 3.36. The number of fused-ring (bicyclic) bond motifs is 1. The number of nitriles is 1. The summed E-state index contributed by atoms with van der Waals surface area (Å²) in [4.78, 5) is 8.78. The number of oxazole rings is 1. The molecular formula is C32H31ClF2N8O. The van der Waals surface area contributed by atoms with Crippen molar-refractivity contribution < 1.29 is 13.2 Å². The van der Waals surface area contributed by atoms with Gasteiger partial charge in [-0.05, 0) is 54.5 Å². The third-order valence-electron chi connectivity index (χ3n) is 7.93. The molecule has 0 aliphatic heterocycles. The van der Waals surface area contributed by atoms with Crippen LogP contribution in [0, 0.1) is 23.7 Å². The van der Waals surface area contributed by atoms with Gasteiger partial charge in [0.25, 0.3) is 6.43 Å². The van der Waals surface area contributed by atoms with Crippen LogP contribution in [0.15, 0.2) is 59.6 Å². The van der Waals surface area contributed by atoms with Crippen molar-refractivity contribution in [1.29, 1.82) is 5.26 Å². The summed E-state index contributed by atoms with van der Waals surface area (Å²) in [7, 11) is 0. The molecule has 9 nitrogen and oxygen atoms in total. The highest BCUT2D eigenvalue weighted by Gasteiger charge is 2.54. The number of pyridine rings is 1. The Morgan fingerprint density at radius 1 is 1.20 bits per heavy atom. The van der Waals surface area contributed by atoms with Gasteiger partial charge in [0.05, 0.1) is 40.2 Å². The zero-order chi connectivity index (χ0) is 31.2. The van der Waals surface area contributed by atoms with E-state index in [1.807, 2.05) is 31.2 Å². The summed E-state index contributed by atoms with van der Waals surface area (Å²) in [6.45, 7) is 8.85. The van der Waals surface area contributed by atoms with Gasteiger partial charge in [-0.2, -0.15) is 5.26 Å². The molecule has 1 aliphatic rings. The number of hydrogen-bond donors (Lipinski definition) is 2. The van der Waals surface area contributed by atoms with E-state index in [1.165, 1.54) is 17.1 Å². The van der Waals surface area contributed by atoms with Crippen LogP contribution in [-0.2, 0) is 5.54 Å². The van der Waals surface area contributed by atoms with Gasteiger partial charge in [-0.1, -0.05) is 49.7 Å². The molecular weight excluding hydrogens is 586 g/mol. The van der Waals surface area contributed by atoms with Crippen LogP contribution in [0.2, 0.25) is 5.02 Å². The summed E-state index contributed by atoms with van der Waals surface area (Å²) in [5.41, 5.74) is 3.73. The molecule has 2 aromatic carbocycles. The highest BCUT2D eigenvalue weighted by molar-refractivity contribution is 6.35. The van der Waals surface area contributed by atoms with Gasteiger partial charge in [0.15, 0.2) is 0 Å². The van der Waals surface area contributed by atoms with Crippen LogP contribution in [0.5, 0.6) is 0 Å². The first-order valence-electron chi connectivity index (χ1n) is 14.2. The van der Waals surface area contributed by atoms with E-state index in [0.717, 1.165) is 16.7 Å². The number of nitrogens with one attached hydrogen (secondary N) is 2. The molecule has 0 unspecified atom stereocenters. The van der Waals surface area contributed by atoms with E-state index in [1.54, 1.807) is 18.5 Å². The Hall–Kier alpha value is -4.56. The molecule has 0 spiro atoms. The molecule has 3 aromatic heterocycles. The molecule has 1 aliphatic carbocycles. The van der Waals surface area contributed by atoms with E-state index < -0.39 is 18.0 Å². The van der Waals surface area contributed by atoms with Crippen LogP contribution >= 0.6 is 11.6 Å². The second kappa shape index (κ2) is 11.2. The SMILES string of the molecule is Cc1c(-c2ncco2)cccc1[C@H](Nc1cc(Cl)c2ncc(C#N)c(NCC(C)(C)C)c2c1)c1cn(C2(C(F)F)CC2)nn1. The second-order valence-corrected chi connectivity index (χ2v) is 12.8. The Balaban J connectivity index is 1.48. The lowest BCUT2D eigenvalue weighted by molar-refractivity contribution is 0.0593. The number of anilines is 2. The molecule has 0 saturated heterocycles. The molecule has 1 atom stereocenters. The summed E-state index contributed by atoms with van der Waals surface area (Å²) in [5, 5.41) is 26.4. The molecule has 5 aromatic rings. The number of nitrogens with zero attached hydrogens (tertiary/aromatic N) is 6. The monoisotopic (exact) mass is 616 g/mol. The molecule has 0 radical (unpaired) electrons. The van der Waals surface area contributed by atoms with Crippen molar-refractivity contribution in [3.8, 4) is 17.5 Å². The van der Waals surface area contributed by atoms with Crippen LogP contribution in [0.1, 0.15) is 62.0 Å². The summed E-state index contributed by atoms with van der Waals surface area (Å²) in [5.74, 6) is 0.458. The highest BCUT2D eigenvalue weighted by Crippen LogP contribution is 2.48. The van der Waals surface area contributed by atoms with Crippen LogP contribution in [0.25, 0.3) is 22.4 Å². The maximum Gasteiger partial charge on any atom is 0.263 e. The Labute approximate surface area is 258 Å². The largest absolute Gasteiger partial charge is 0.445 e. The van der Waals surface area contributed by atoms with E-state index in [0.29, 0.717) is 63.8 Å². The predicted octanol–water partition coefficient (Wildman–Crippen LogP) is 7.73. The minimum atomic E-state index is -2.56. The fraction of sp³-hybridized carbons (Fsp3) is 0.344. The van der Waals surface area contributed by atoms with Crippen molar-refractivity contribution in [3.63, 3.8) is 0 Å². The minimum Gasteiger partial charge on any atom is -0.445 e. The van der Waals surface area contributed by atoms with E-state index in [2.05, 4.69) is 57.8 Å². The molecule has 2 N–H and O–H groups in total. The standard InChI is InChI=1S/C32H31ClF2N8O/c1-18-21(6-5-7-22(18)29-37-10-11-44-29)28(25-16-43(42-41-25)32(8-9-32)30(34)35)40-20-12-23-26(39-17-31(2,3)4)19(14-36)15-38-27(23)24(33)13-20/h5-7,10-13,15-16,28,30,40H,8-9,17H2,1-4H3,(H,38,39)/t28-/m0/s1. The Morgan fingerprint density at radius 3 is 2.66 bits per heavy atom. The fourth-order valence-corrected chi connectivity index (χ4v) is 5.57. The number of rotatable bonds is 9. The summed E-state index contributed by atoms with van der Waals surface area (Å²) < 4.78 is 34.8. The van der Waals surface area contributed by atoms with E-state index >= 15 is 0 Å². The summed E-state index contributed by atoms with van der Waals surface area (Å²) in [6.07, 6.45) is 4.30. The third-order valence-corrected chi connectivity index (χ3v) is 8.22. The van der Waals surface area contributed by atoms with Gasteiger partial charge in [0, 0.05) is 29.4 Å². The lowest BCUT2D eigenvalue weighted by atomic mass is 9.94. The predicted molar refractivity (Wildman–Crippen MR) is 165 cm³/mol. The molecule has 44 heavy (non-hydrogen) atoms. The number of alkyl halides is 2. The zero-order valence-electron chi connectivity index (χ0n) is 24.7. The van der Waals surface area contributed by atoms with Gasteiger partial charge < -0.3 is 15.1 Å². The Kier molecular flexibility index (Phi) is 7.49. The maximum atomic E-state index is 14.0. The van der Waals surface area contributed by atoms with Gasteiger partial charge in [0.1, 0.15) is 23.6 Å². The van der Waals surface area contributed by atoms with Gasteiger partial charge in [-0.15, -0.1) is 5.10 Å². The topological polar surface area (TPSA) is 117 Å². The normalized spacial score (nSPS) is 14.9. The Morgan fingerprint density at radius 2 is 2.00 bits per heavy atom. The van der Waals surface area contributed by atoms with Gasteiger partial charge >= 0.3 is 0 Å². The molecule has 1 saturated carbocycles. The van der Waals surface area contributed by atoms with Crippen molar-refractivity contribution >= 4 is 33.9 Å². The smallest absolute Gasteiger partial charge is 0.263 e. The minimum absolute atomic E-state index is 0.0541. The molecule has 12 heteroatoms. The lowest BCUT2D eigenvalue weighted by Crippen LogP contribution is -2.26. The quantitative estimate of drug-likeness (QED) is 0.173. The highest BCUT2D eigenvalue weighted by atomic mass is 35.5. The molecule has 1 fully saturated rings. The van der Waals surface area contributed by atoms with Crippen molar-refractivity contribution in [2.45, 2.75) is 58.5 Å². The van der Waals surface area contributed by atoms with Crippen LogP contribution < -0.4 is 10.6 Å². The average molecular weight is 617 g/mol. The first-order valence-corrected chi connectivity index (χ1v) is 14.6. The lowest BCUT2D eigenvalue weighted by Gasteiger charge is -2.23. The summed E-state index contributed by atoms with van der Waals surface area (Å²) in [6, 6.07) is 11.0. The van der Waals surface area contributed by atoms with Crippen molar-refractivity contribution in [2.75, 3.05) is 17.2 Å². The van der Waals surface area contributed by atoms with Crippen molar-refractivity contribution in [1.82, 2.24) is 25.0 Å². The molecule has 0 amide bonds. The van der Waals surface area contributed by atoms with Crippen LogP contribution in [-0.4, -0.2) is 37.9 Å². The van der Waals surface area contributed by atoms with Crippen molar-refractivity contribution in [3.05, 3.63) is 82.6 Å². The van der Waals surface area contributed by atoms with E-state index in [9.17, 15) is 14.0 Å². The number of hydrogen-bond acceptors (Lipinski definition) is 8. The summed E-state index contributed by atoms with van der Waals surface area (Å²) >= 11 is 6.78. The van der Waals surface area contributed by atoms with Crippen LogP contribution in [0.4, 0.5) is 20.2 Å².